The monoisotopic (exact) mass is 712 g/mol. The topological polar surface area (TPSA) is 393 Å². The van der Waals surface area contributed by atoms with Gasteiger partial charge in [-0.3, -0.25) is 18.1 Å². The number of aliphatic hydroxyl groups is 13. The Morgan fingerprint density at radius 3 is 1.56 bits per heavy atom. The lowest BCUT2D eigenvalue weighted by atomic mass is 10.1. The molecule has 45 heavy (non-hydrogen) atoms. The maximum atomic E-state index is 12.3. The second kappa shape index (κ2) is 19.6. The lowest BCUT2D eigenvalue weighted by molar-refractivity contribution is -0.194. The lowest BCUT2D eigenvalue weighted by Gasteiger charge is -2.28. The van der Waals surface area contributed by atoms with Gasteiger partial charge in [0.25, 0.3) is 0 Å². The highest BCUT2D eigenvalue weighted by molar-refractivity contribution is 7.47. The van der Waals surface area contributed by atoms with Gasteiger partial charge in [-0.1, -0.05) is 0 Å². The molecule has 15 atom stereocenters. The summed E-state index contributed by atoms with van der Waals surface area (Å²) in [5, 5.41) is 125. The first-order valence-corrected chi connectivity index (χ1v) is 16.0. The van der Waals surface area contributed by atoms with Crippen LogP contribution in [0.4, 0.5) is 0 Å². The zero-order valence-electron chi connectivity index (χ0n) is 23.3. The lowest BCUT2D eigenvalue weighted by Crippen LogP contribution is -2.44. The maximum Gasteiger partial charge on any atom is 0.472 e. The summed E-state index contributed by atoms with van der Waals surface area (Å²) in [4.78, 5) is 19.7. The normalized spacial score (nSPS) is 29.5. The maximum absolute atomic E-state index is 12.3. The third kappa shape index (κ3) is 13.6. The van der Waals surface area contributed by atoms with Crippen molar-refractivity contribution >= 4 is 15.6 Å². The summed E-state index contributed by atoms with van der Waals surface area (Å²) in [5.41, 5.74) is 0. The molecule has 0 saturated carbocycles. The van der Waals surface area contributed by atoms with E-state index in [4.69, 9.17) is 29.3 Å². The fraction of sp³-hybridized carbons (Fsp3) is 1.00. The largest absolute Gasteiger partial charge is 0.472 e. The van der Waals surface area contributed by atoms with Crippen LogP contribution in [-0.2, 0) is 36.7 Å². The van der Waals surface area contributed by atoms with Crippen LogP contribution in [-0.4, -0.2) is 202 Å². The van der Waals surface area contributed by atoms with E-state index in [-0.39, 0.29) is 0 Å². The van der Waals surface area contributed by atoms with E-state index < -0.39 is 141 Å². The number of hydrogen-bond acceptors (Lipinski definition) is 21. The van der Waals surface area contributed by atoms with Crippen molar-refractivity contribution in [2.24, 2.45) is 0 Å². The minimum absolute atomic E-state index is 0.929. The van der Waals surface area contributed by atoms with E-state index in [1.807, 2.05) is 0 Å². The van der Waals surface area contributed by atoms with E-state index in [0.29, 0.717) is 0 Å². The van der Waals surface area contributed by atoms with E-state index in [9.17, 15) is 70.0 Å². The van der Waals surface area contributed by atoms with E-state index in [2.05, 4.69) is 13.6 Å². The van der Waals surface area contributed by atoms with Gasteiger partial charge in [0.2, 0.25) is 0 Å². The third-order valence-corrected chi connectivity index (χ3v) is 8.10. The van der Waals surface area contributed by atoms with Crippen molar-refractivity contribution in [3.05, 3.63) is 0 Å². The summed E-state index contributed by atoms with van der Waals surface area (Å²) in [7, 11) is -10.4. The van der Waals surface area contributed by atoms with Crippen molar-refractivity contribution in [3.63, 3.8) is 0 Å². The predicted molar refractivity (Wildman–Crippen MR) is 138 cm³/mol. The third-order valence-electron chi connectivity index (χ3n) is 6.13. The Labute approximate surface area is 254 Å². The molecule has 0 amide bonds. The van der Waals surface area contributed by atoms with Gasteiger partial charge in [-0.15, -0.1) is 0 Å². The highest BCUT2D eigenvalue weighted by Crippen LogP contribution is 2.48. The average molecular weight is 712 g/mol. The van der Waals surface area contributed by atoms with Gasteiger partial charge >= 0.3 is 15.6 Å². The number of rotatable bonds is 23. The Balaban J connectivity index is 2.68. The first-order valence-electron chi connectivity index (χ1n) is 13.0. The molecule has 1 fully saturated rings. The van der Waals surface area contributed by atoms with E-state index in [1.54, 1.807) is 0 Å². The smallest absolute Gasteiger partial charge is 0.394 e. The molecule has 1 saturated heterocycles. The molecule has 0 aromatic carbocycles. The second-order valence-corrected chi connectivity index (χ2v) is 12.5. The molecule has 0 bridgehead atoms. The van der Waals surface area contributed by atoms with Crippen LogP contribution in [0.5, 0.6) is 0 Å². The molecule has 0 radical (unpaired) electrons. The summed E-state index contributed by atoms with van der Waals surface area (Å²) in [6.45, 7) is -7.24. The number of phosphoric acid groups is 2. The van der Waals surface area contributed by atoms with Crippen molar-refractivity contribution in [2.45, 2.75) is 79.5 Å². The summed E-state index contributed by atoms with van der Waals surface area (Å²) in [6, 6.07) is 0. The Hall–Kier alpha value is -0.380. The van der Waals surface area contributed by atoms with Crippen molar-refractivity contribution in [1.82, 2.24) is 0 Å². The Bertz CT molecular complexity index is 921. The van der Waals surface area contributed by atoms with E-state index >= 15 is 0 Å². The van der Waals surface area contributed by atoms with Gasteiger partial charge in [-0.2, -0.15) is 0 Å². The number of hydrogen-bond donors (Lipinski definition) is 15. The zero-order valence-corrected chi connectivity index (χ0v) is 25.1. The summed E-state index contributed by atoms with van der Waals surface area (Å²) < 4.78 is 52.8. The minimum atomic E-state index is -5.22. The van der Waals surface area contributed by atoms with Crippen LogP contribution in [0.25, 0.3) is 0 Å². The number of phosphoric ester groups is 2. The second-order valence-electron chi connectivity index (χ2n) is 9.65. The molecular weight excluding hydrogens is 670 g/mol. The van der Waals surface area contributed by atoms with Gasteiger partial charge in [0.15, 0.2) is 6.29 Å². The summed E-state index contributed by atoms with van der Waals surface area (Å²) in [6.07, 6.45) is -25.1. The first-order chi connectivity index (χ1) is 20.8. The number of aliphatic hydroxyl groups excluding tert-OH is 13. The van der Waals surface area contributed by atoms with Crippen LogP contribution >= 0.6 is 15.6 Å². The quantitative estimate of drug-likeness (QED) is 0.0437. The van der Waals surface area contributed by atoms with Gasteiger partial charge in [0, 0.05) is 0 Å². The Morgan fingerprint density at radius 1 is 0.644 bits per heavy atom. The molecule has 0 aromatic heterocycles. The van der Waals surface area contributed by atoms with Gasteiger partial charge in [-0.05, 0) is 0 Å². The van der Waals surface area contributed by atoms with Crippen molar-refractivity contribution in [3.8, 4) is 0 Å². The number of ether oxygens (including phenoxy) is 2. The highest BCUT2D eigenvalue weighted by atomic mass is 31.2. The van der Waals surface area contributed by atoms with Crippen molar-refractivity contribution < 1.29 is 113 Å². The fourth-order valence-electron chi connectivity index (χ4n) is 3.54. The molecule has 1 aliphatic rings. The predicted octanol–water partition coefficient (Wildman–Crippen LogP) is -8.05. The average Bonchev–Trinajstić information content (AvgIpc) is 3.30. The van der Waals surface area contributed by atoms with Crippen molar-refractivity contribution in [1.29, 1.82) is 0 Å². The van der Waals surface area contributed by atoms with Crippen LogP contribution < -0.4 is 0 Å². The molecule has 25 heteroatoms. The SMILES string of the molecule is O=P(O)(OCC(O)C(O)C(O)CO[C@@H]1O[C@H](CO)[C@H](OP(=O)(O)OCC(O)C(O)C(O)CO)C1O)OC(C(O)CO)[C@H](O)CO. The van der Waals surface area contributed by atoms with Crippen molar-refractivity contribution in [2.75, 3.05) is 46.2 Å². The zero-order chi connectivity index (χ0) is 34.7. The molecular formula is C20H42O23P2. The van der Waals surface area contributed by atoms with E-state index in [1.165, 1.54) is 0 Å². The summed E-state index contributed by atoms with van der Waals surface area (Å²) >= 11 is 0. The molecule has 15 N–H and O–H groups in total. The molecule has 0 aromatic rings. The van der Waals surface area contributed by atoms with Crippen LogP contribution in [0.1, 0.15) is 0 Å². The molecule has 1 heterocycles. The van der Waals surface area contributed by atoms with Crippen LogP contribution in [0.3, 0.4) is 0 Å². The van der Waals surface area contributed by atoms with Gasteiger partial charge in [0.05, 0.1) is 46.2 Å². The van der Waals surface area contributed by atoms with Crippen LogP contribution in [0.2, 0.25) is 0 Å². The summed E-state index contributed by atoms with van der Waals surface area (Å²) in [5.74, 6) is 0. The molecule has 0 spiro atoms. The van der Waals surface area contributed by atoms with Crippen LogP contribution in [0.15, 0.2) is 0 Å². The molecule has 270 valence electrons. The molecule has 23 nitrogen and oxygen atoms in total. The first kappa shape index (κ1) is 42.6. The molecule has 0 aliphatic carbocycles. The Morgan fingerprint density at radius 2 is 1.09 bits per heavy atom. The van der Waals surface area contributed by atoms with Gasteiger partial charge in [0.1, 0.15) is 73.2 Å². The van der Waals surface area contributed by atoms with Crippen LogP contribution in [0, 0.1) is 0 Å². The molecule has 1 rings (SSSR count). The Kier molecular flexibility index (Phi) is 18.6. The fourth-order valence-corrected chi connectivity index (χ4v) is 5.51. The standard InChI is InChI=1S/C20H42O23P2/c21-1-8(25)15(31)12(29)6-40-45(36,37)43-19-14(4-24)41-20(17(19)33)38-5-11(28)16(32)13(30)7-39-44(34,35)42-18(9(26)2-22)10(27)3-23/h8-33H,1-7H2,(H,34,35)(H,36,37)/t8?,9-,10?,11?,12?,13?,14-,15?,16?,17?,18?,19+,20-/m1/s1. The highest BCUT2D eigenvalue weighted by Gasteiger charge is 2.49. The van der Waals surface area contributed by atoms with E-state index in [0.717, 1.165) is 0 Å². The minimum Gasteiger partial charge on any atom is -0.394 e. The van der Waals surface area contributed by atoms with Gasteiger partial charge in [-0.25, -0.2) is 9.13 Å². The molecule has 11 unspecified atom stereocenters. The molecule has 1 aliphatic heterocycles. The van der Waals surface area contributed by atoms with Gasteiger partial charge < -0.3 is 85.6 Å².